The molecule has 3 heteroatoms. The van der Waals surface area contributed by atoms with Gasteiger partial charge in [0.15, 0.2) is 0 Å². The smallest absolute Gasteiger partial charge is 0.119 e. The predicted molar refractivity (Wildman–Crippen MR) is 77.6 cm³/mol. The normalized spacial score (nSPS) is 18.7. The second-order valence-corrected chi connectivity index (χ2v) is 5.76. The van der Waals surface area contributed by atoms with Gasteiger partial charge in [-0.15, -0.1) is 0 Å². The van der Waals surface area contributed by atoms with Crippen molar-refractivity contribution in [1.29, 1.82) is 0 Å². The number of nitrogens with one attached hydrogen (secondary N) is 1. The van der Waals surface area contributed by atoms with Gasteiger partial charge in [-0.05, 0) is 50.3 Å². The average Bonchev–Trinajstić information content (AvgIpc) is 2.41. The Morgan fingerprint density at radius 1 is 1.32 bits per heavy atom. The molecule has 2 rings (SSSR count). The highest BCUT2D eigenvalue weighted by atomic mass is 16.5. The lowest BCUT2D eigenvalue weighted by atomic mass is 9.78. The van der Waals surface area contributed by atoms with E-state index in [1.807, 2.05) is 12.1 Å². The van der Waals surface area contributed by atoms with Crippen molar-refractivity contribution in [2.75, 3.05) is 13.2 Å². The van der Waals surface area contributed by atoms with Crippen LogP contribution in [0.3, 0.4) is 0 Å². The molecule has 106 valence electrons. The van der Waals surface area contributed by atoms with Gasteiger partial charge in [0.1, 0.15) is 18.5 Å². The van der Waals surface area contributed by atoms with E-state index in [9.17, 15) is 5.11 Å². The third-order valence-corrected chi connectivity index (χ3v) is 4.00. The third kappa shape index (κ3) is 4.22. The topological polar surface area (TPSA) is 41.5 Å². The van der Waals surface area contributed by atoms with Gasteiger partial charge >= 0.3 is 0 Å². The molecule has 0 bridgehead atoms. The summed E-state index contributed by atoms with van der Waals surface area (Å²) in [4.78, 5) is 0. The quantitative estimate of drug-likeness (QED) is 0.794. The molecule has 1 unspecified atom stereocenters. The van der Waals surface area contributed by atoms with Crippen LogP contribution >= 0.6 is 0 Å². The van der Waals surface area contributed by atoms with Crippen LogP contribution in [0.25, 0.3) is 0 Å². The standard InChI is InChI=1S/C16H25NO2/c1-3-13-5-7-15(8-6-13)19-12-14(18)11-17-16(2)9-4-10-16/h5-8,14,17-18H,3-4,9-12H2,1-2H3. The van der Waals surface area contributed by atoms with E-state index in [0.29, 0.717) is 13.2 Å². The lowest BCUT2D eigenvalue weighted by molar-refractivity contribution is 0.0868. The molecule has 3 nitrogen and oxygen atoms in total. The van der Waals surface area contributed by atoms with Gasteiger partial charge in [0.2, 0.25) is 0 Å². The van der Waals surface area contributed by atoms with E-state index in [0.717, 1.165) is 12.2 Å². The van der Waals surface area contributed by atoms with Crippen molar-refractivity contribution in [3.63, 3.8) is 0 Å². The minimum absolute atomic E-state index is 0.240. The molecule has 2 N–H and O–H groups in total. The summed E-state index contributed by atoms with van der Waals surface area (Å²) in [5, 5.41) is 13.3. The number of β-amino-alcohol motifs (C(OH)–C–C–N with tert-alkyl or cyclic N) is 1. The molecule has 0 aliphatic heterocycles. The first-order chi connectivity index (χ1) is 9.11. The Morgan fingerprint density at radius 3 is 2.53 bits per heavy atom. The van der Waals surface area contributed by atoms with Gasteiger partial charge in [0.25, 0.3) is 0 Å². The molecule has 1 aliphatic carbocycles. The summed E-state index contributed by atoms with van der Waals surface area (Å²) in [5.74, 6) is 0.825. The fourth-order valence-electron chi connectivity index (χ4n) is 2.32. The summed E-state index contributed by atoms with van der Waals surface area (Å²) in [6.07, 6.45) is 4.28. The minimum Gasteiger partial charge on any atom is -0.491 e. The molecule has 1 saturated carbocycles. The van der Waals surface area contributed by atoms with Gasteiger partial charge in [-0.1, -0.05) is 19.1 Å². The highest BCUT2D eigenvalue weighted by Gasteiger charge is 2.31. The van der Waals surface area contributed by atoms with Crippen molar-refractivity contribution in [1.82, 2.24) is 5.32 Å². The fraction of sp³-hybridized carbons (Fsp3) is 0.625. The van der Waals surface area contributed by atoms with Crippen molar-refractivity contribution >= 4 is 0 Å². The van der Waals surface area contributed by atoms with Crippen LogP contribution in [0, 0.1) is 0 Å². The van der Waals surface area contributed by atoms with Crippen LogP contribution in [-0.4, -0.2) is 29.9 Å². The zero-order chi connectivity index (χ0) is 13.7. The number of ether oxygens (including phenoxy) is 1. The molecular weight excluding hydrogens is 238 g/mol. The van der Waals surface area contributed by atoms with Gasteiger partial charge in [-0.3, -0.25) is 0 Å². The number of benzene rings is 1. The number of aryl methyl sites for hydroxylation is 1. The zero-order valence-corrected chi connectivity index (χ0v) is 12.0. The molecule has 1 atom stereocenters. The second kappa shape index (κ2) is 6.40. The summed E-state index contributed by atoms with van der Waals surface area (Å²) >= 11 is 0. The van der Waals surface area contributed by atoms with E-state index in [2.05, 4.69) is 31.3 Å². The van der Waals surface area contributed by atoms with Crippen molar-refractivity contribution < 1.29 is 9.84 Å². The highest BCUT2D eigenvalue weighted by Crippen LogP contribution is 2.30. The Labute approximate surface area is 116 Å². The maximum Gasteiger partial charge on any atom is 0.119 e. The van der Waals surface area contributed by atoms with Crippen LogP contribution in [0.5, 0.6) is 5.75 Å². The Bertz CT molecular complexity index is 384. The molecule has 0 heterocycles. The summed E-state index contributed by atoms with van der Waals surface area (Å²) in [7, 11) is 0. The highest BCUT2D eigenvalue weighted by molar-refractivity contribution is 5.27. The first kappa shape index (κ1) is 14.4. The van der Waals surface area contributed by atoms with Crippen LogP contribution in [-0.2, 0) is 6.42 Å². The van der Waals surface area contributed by atoms with Crippen LogP contribution in [0.1, 0.15) is 38.7 Å². The summed E-state index contributed by atoms with van der Waals surface area (Å²) in [5.41, 5.74) is 1.54. The molecular formula is C16H25NO2. The molecule has 0 radical (unpaired) electrons. The molecule has 1 aliphatic rings. The molecule has 0 aromatic heterocycles. The lowest BCUT2D eigenvalue weighted by Gasteiger charge is -2.40. The maximum absolute atomic E-state index is 9.91. The Kier molecular flexibility index (Phi) is 4.83. The van der Waals surface area contributed by atoms with Gasteiger partial charge in [-0.25, -0.2) is 0 Å². The largest absolute Gasteiger partial charge is 0.491 e. The molecule has 0 saturated heterocycles. The lowest BCUT2D eigenvalue weighted by Crippen LogP contribution is -2.51. The van der Waals surface area contributed by atoms with Gasteiger partial charge in [0.05, 0.1) is 0 Å². The first-order valence-corrected chi connectivity index (χ1v) is 7.26. The fourth-order valence-corrected chi connectivity index (χ4v) is 2.32. The molecule has 1 aromatic rings. The summed E-state index contributed by atoms with van der Waals surface area (Å²) in [6, 6.07) is 8.06. The van der Waals surface area contributed by atoms with Crippen LogP contribution in [0.4, 0.5) is 0 Å². The molecule has 0 amide bonds. The van der Waals surface area contributed by atoms with Crippen LogP contribution in [0.2, 0.25) is 0 Å². The summed E-state index contributed by atoms with van der Waals surface area (Å²) in [6.45, 7) is 5.29. The number of rotatable bonds is 7. The Balaban J connectivity index is 1.68. The van der Waals surface area contributed by atoms with E-state index in [4.69, 9.17) is 4.74 Å². The van der Waals surface area contributed by atoms with E-state index in [1.165, 1.54) is 24.8 Å². The van der Waals surface area contributed by atoms with Crippen LogP contribution < -0.4 is 10.1 Å². The molecule has 1 fully saturated rings. The third-order valence-electron chi connectivity index (χ3n) is 4.00. The number of hydrogen-bond acceptors (Lipinski definition) is 3. The minimum atomic E-state index is -0.455. The van der Waals surface area contributed by atoms with Gasteiger partial charge < -0.3 is 15.2 Å². The SMILES string of the molecule is CCc1ccc(OCC(O)CNC2(C)CCC2)cc1. The van der Waals surface area contributed by atoms with E-state index >= 15 is 0 Å². The second-order valence-electron chi connectivity index (χ2n) is 5.76. The van der Waals surface area contributed by atoms with E-state index < -0.39 is 6.10 Å². The summed E-state index contributed by atoms with van der Waals surface area (Å²) < 4.78 is 5.59. The van der Waals surface area contributed by atoms with Gasteiger partial charge in [0, 0.05) is 12.1 Å². The van der Waals surface area contributed by atoms with E-state index in [1.54, 1.807) is 0 Å². The maximum atomic E-state index is 9.91. The van der Waals surface area contributed by atoms with Crippen molar-refractivity contribution in [2.45, 2.75) is 51.2 Å². The number of aliphatic hydroxyl groups is 1. The first-order valence-electron chi connectivity index (χ1n) is 7.26. The number of aliphatic hydroxyl groups excluding tert-OH is 1. The molecule has 0 spiro atoms. The predicted octanol–water partition coefficient (Wildman–Crippen LogP) is 2.52. The van der Waals surface area contributed by atoms with Crippen molar-refractivity contribution in [3.8, 4) is 5.75 Å². The Morgan fingerprint density at radius 2 is 2.00 bits per heavy atom. The monoisotopic (exact) mass is 263 g/mol. The van der Waals surface area contributed by atoms with Crippen LogP contribution in [0.15, 0.2) is 24.3 Å². The van der Waals surface area contributed by atoms with Crippen molar-refractivity contribution in [3.05, 3.63) is 29.8 Å². The number of hydrogen-bond donors (Lipinski definition) is 2. The zero-order valence-electron chi connectivity index (χ0n) is 12.0. The van der Waals surface area contributed by atoms with Gasteiger partial charge in [-0.2, -0.15) is 0 Å². The molecule has 19 heavy (non-hydrogen) atoms. The Hall–Kier alpha value is -1.06. The average molecular weight is 263 g/mol. The van der Waals surface area contributed by atoms with Crippen molar-refractivity contribution in [2.24, 2.45) is 0 Å². The van der Waals surface area contributed by atoms with E-state index in [-0.39, 0.29) is 5.54 Å². The molecule has 1 aromatic carbocycles.